The molecule has 1 aromatic carbocycles. The van der Waals surface area contributed by atoms with Gasteiger partial charge in [-0.15, -0.1) is 0 Å². The van der Waals surface area contributed by atoms with Crippen LogP contribution in [0.5, 0.6) is 0 Å². The van der Waals surface area contributed by atoms with Crippen LogP contribution in [0.2, 0.25) is 0 Å². The Bertz CT molecular complexity index is 649. The first kappa shape index (κ1) is 11.8. The molecule has 0 fully saturated rings. The maximum Gasteiger partial charge on any atom is 0.269 e. The van der Waals surface area contributed by atoms with Gasteiger partial charge in [0.2, 0.25) is 5.91 Å². The molecule has 1 aromatic heterocycles. The molecule has 0 saturated carbocycles. The summed E-state index contributed by atoms with van der Waals surface area (Å²) < 4.78 is 1.22. The summed E-state index contributed by atoms with van der Waals surface area (Å²) in [4.78, 5) is 22.9. The van der Waals surface area contributed by atoms with Crippen LogP contribution in [0.1, 0.15) is 15.9 Å². The first-order chi connectivity index (χ1) is 8.58. The second-order valence-corrected chi connectivity index (χ2v) is 3.81. The third-order valence-electron chi connectivity index (χ3n) is 2.49. The lowest BCUT2D eigenvalue weighted by Gasteiger charge is -2.07. The summed E-state index contributed by atoms with van der Waals surface area (Å²) in [6.07, 6.45) is 1.38. The fourth-order valence-electron chi connectivity index (χ4n) is 1.63. The van der Waals surface area contributed by atoms with E-state index in [9.17, 15) is 9.59 Å². The number of rotatable bonds is 3. The molecule has 0 unspecified atom stereocenters. The first-order valence-corrected chi connectivity index (χ1v) is 5.28. The number of anilines is 1. The van der Waals surface area contributed by atoms with Crippen molar-refractivity contribution in [2.75, 3.05) is 5.73 Å². The Balaban J connectivity index is 2.40. The van der Waals surface area contributed by atoms with Gasteiger partial charge in [0.05, 0.1) is 18.4 Å². The van der Waals surface area contributed by atoms with Crippen molar-refractivity contribution in [1.29, 1.82) is 0 Å². The third-order valence-corrected chi connectivity index (χ3v) is 2.49. The fraction of sp³-hybridized carbons (Fsp3) is 0.0833. The number of amides is 1. The minimum Gasteiger partial charge on any atom is -0.397 e. The molecule has 0 spiro atoms. The Morgan fingerprint density at radius 1 is 1.33 bits per heavy atom. The number of hydrogen-bond acceptors (Lipinski definition) is 4. The van der Waals surface area contributed by atoms with Crippen LogP contribution in [-0.2, 0) is 6.54 Å². The van der Waals surface area contributed by atoms with E-state index in [-0.39, 0.29) is 12.1 Å². The van der Waals surface area contributed by atoms with Gasteiger partial charge >= 0.3 is 0 Å². The largest absolute Gasteiger partial charge is 0.397 e. The highest BCUT2D eigenvalue weighted by molar-refractivity contribution is 5.94. The van der Waals surface area contributed by atoms with Crippen molar-refractivity contribution >= 4 is 11.6 Å². The maximum atomic E-state index is 11.6. The standard InChI is InChI=1S/C12H12N4O2/c13-9-5-11(17)16(15-6-9)7-8-3-1-2-4-10(8)12(14)18/h1-6H,7,13H2,(H2,14,18). The van der Waals surface area contributed by atoms with E-state index in [0.29, 0.717) is 16.8 Å². The van der Waals surface area contributed by atoms with Gasteiger partial charge in [-0.05, 0) is 11.6 Å². The predicted molar refractivity (Wildman–Crippen MR) is 67.0 cm³/mol. The molecule has 0 aliphatic rings. The molecule has 0 bridgehead atoms. The summed E-state index contributed by atoms with van der Waals surface area (Å²) in [6.45, 7) is 0.179. The lowest BCUT2D eigenvalue weighted by atomic mass is 10.1. The van der Waals surface area contributed by atoms with Gasteiger partial charge in [0.15, 0.2) is 0 Å². The number of aromatic nitrogens is 2. The zero-order valence-corrected chi connectivity index (χ0v) is 9.54. The molecular formula is C12H12N4O2. The number of nitrogens with two attached hydrogens (primary N) is 2. The quantitative estimate of drug-likeness (QED) is 0.791. The van der Waals surface area contributed by atoms with Crippen molar-refractivity contribution in [2.24, 2.45) is 5.73 Å². The Labute approximate surface area is 103 Å². The van der Waals surface area contributed by atoms with Gasteiger partial charge < -0.3 is 11.5 Å². The molecule has 1 heterocycles. The van der Waals surface area contributed by atoms with Crippen LogP contribution in [0.3, 0.4) is 0 Å². The second-order valence-electron chi connectivity index (χ2n) is 3.81. The van der Waals surface area contributed by atoms with Crippen molar-refractivity contribution in [2.45, 2.75) is 6.54 Å². The summed E-state index contributed by atoms with van der Waals surface area (Å²) in [6, 6.07) is 8.09. The molecule has 2 aromatic rings. The Morgan fingerprint density at radius 3 is 2.72 bits per heavy atom. The molecule has 0 saturated heterocycles. The SMILES string of the molecule is NC(=O)c1ccccc1Cn1ncc(N)cc1=O. The highest BCUT2D eigenvalue weighted by Crippen LogP contribution is 2.08. The van der Waals surface area contributed by atoms with Crippen molar-refractivity contribution in [3.63, 3.8) is 0 Å². The highest BCUT2D eigenvalue weighted by atomic mass is 16.1. The minimum atomic E-state index is -0.533. The summed E-state index contributed by atoms with van der Waals surface area (Å²) >= 11 is 0. The van der Waals surface area contributed by atoms with E-state index in [0.717, 1.165) is 0 Å². The number of primary amides is 1. The summed E-state index contributed by atoms with van der Waals surface area (Å²) in [5.41, 5.74) is 11.7. The number of hydrogen-bond donors (Lipinski definition) is 2. The smallest absolute Gasteiger partial charge is 0.269 e. The molecule has 0 aliphatic carbocycles. The van der Waals surface area contributed by atoms with Gasteiger partial charge in [-0.25, -0.2) is 4.68 Å². The average Bonchev–Trinajstić information content (AvgIpc) is 2.33. The molecule has 0 atom stereocenters. The van der Waals surface area contributed by atoms with E-state index in [1.807, 2.05) is 0 Å². The Morgan fingerprint density at radius 2 is 2.06 bits per heavy atom. The molecular weight excluding hydrogens is 232 g/mol. The fourth-order valence-corrected chi connectivity index (χ4v) is 1.63. The van der Waals surface area contributed by atoms with Crippen molar-refractivity contribution in [3.8, 4) is 0 Å². The highest BCUT2D eigenvalue weighted by Gasteiger charge is 2.08. The van der Waals surface area contributed by atoms with E-state index in [2.05, 4.69) is 5.10 Å². The van der Waals surface area contributed by atoms with Gasteiger partial charge in [0, 0.05) is 11.6 Å². The molecule has 18 heavy (non-hydrogen) atoms. The van der Waals surface area contributed by atoms with Crippen LogP contribution in [0.4, 0.5) is 5.69 Å². The van der Waals surface area contributed by atoms with Crippen molar-refractivity contribution in [1.82, 2.24) is 9.78 Å². The number of nitrogen functional groups attached to an aromatic ring is 1. The van der Waals surface area contributed by atoms with Gasteiger partial charge in [0.1, 0.15) is 0 Å². The van der Waals surface area contributed by atoms with Crippen LogP contribution in [0, 0.1) is 0 Å². The minimum absolute atomic E-state index is 0.179. The average molecular weight is 244 g/mol. The molecule has 92 valence electrons. The van der Waals surface area contributed by atoms with Gasteiger partial charge in [-0.2, -0.15) is 5.10 Å². The predicted octanol–water partition coefficient (Wildman–Crippen LogP) is -0.0273. The molecule has 0 aliphatic heterocycles. The van der Waals surface area contributed by atoms with Gasteiger partial charge in [0.25, 0.3) is 5.56 Å². The zero-order chi connectivity index (χ0) is 13.1. The van der Waals surface area contributed by atoms with Crippen LogP contribution in [0.25, 0.3) is 0 Å². The van der Waals surface area contributed by atoms with Crippen LogP contribution in [0.15, 0.2) is 41.3 Å². The second kappa shape index (κ2) is 4.70. The van der Waals surface area contributed by atoms with Gasteiger partial charge in [-0.1, -0.05) is 18.2 Å². The number of carbonyl (C=O) groups excluding carboxylic acids is 1. The number of benzene rings is 1. The van der Waals surface area contributed by atoms with Gasteiger partial charge in [-0.3, -0.25) is 9.59 Å². The molecule has 4 N–H and O–H groups in total. The lowest BCUT2D eigenvalue weighted by Crippen LogP contribution is -2.24. The maximum absolute atomic E-state index is 11.6. The number of carbonyl (C=O) groups is 1. The van der Waals surface area contributed by atoms with E-state index in [1.165, 1.54) is 16.9 Å². The van der Waals surface area contributed by atoms with Crippen LogP contribution >= 0.6 is 0 Å². The normalized spacial score (nSPS) is 10.2. The molecule has 6 nitrogen and oxygen atoms in total. The van der Waals surface area contributed by atoms with E-state index >= 15 is 0 Å². The van der Waals surface area contributed by atoms with E-state index in [4.69, 9.17) is 11.5 Å². The molecule has 1 amide bonds. The summed E-state index contributed by atoms with van der Waals surface area (Å²) in [7, 11) is 0. The first-order valence-electron chi connectivity index (χ1n) is 5.28. The Kier molecular flexibility index (Phi) is 3.09. The van der Waals surface area contributed by atoms with Crippen LogP contribution < -0.4 is 17.0 Å². The van der Waals surface area contributed by atoms with Crippen molar-refractivity contribution in [3.05, 3.63) is 58.0 Å². The van der Waals surface area contributed by atoms with Crippen molar-refractivity contribution < 1.29 is 4.79 Å². The molecule has 2 rings (SSSR count). The zero-order valence-electron chi connectivity index (χ0n) is 9.54. The lowest BCUT2D eigenvalue weighted by molar-refractivity contribution is 0.0999. The molecule has 6 heteroatoms. The monoisotopic (exact) mass is 244 g/mol. The summed E-state index contributed by atoms with van der Waals surface area (Å²) in [5.74, 6) is -0.533. The number of nitrogens with zero attached hydrogens (tertiary/aromatic N) is 2. The van der Waals surface area contributed by atoms with Crippen LogP contribution in [-0.4, -0.2) is 15.7 Å². The topological polar surface area (TPSA) is 104 Å². The van der Waals surface area contributed by atoms with E-state index < -0.39 is 5.91 Å². The molecule has 0 radical (unpaired) electrons. The third kappa shape index (κ3) is 2.37. The van der Waals surface area contributed by atoms with E-state index in [1.54, 1.807) is 24.3 Å². The Hall–Kier alpha value is -2.63. The summed E-state index contributed by atoms with van der Waals surface area (Å²) in [5, 5.41) is 3.90.